The first-order valence-corrected chi connectivity index (χ1v) is 10.7. The number of hydrogen-bond donors (Lipinski definition) is 0. The fourth-order valence-electron chi connectivity index (χ4n) is 2.97. The molecule has 22 heavy (non-hydrogen) atoms. The van der Waals surface area contributed by atoms with Crippen LogP contribution >= 0.6 is 22.6 Å². The van der Waals surface area contributed by atoms with Crippen molar-refractivity contribution in [1.29, 1.82) is 0 Å². The van der Waals surface area contributed by atoms with Gasteiger partial charge in [0.2, 0.25) is 0 Å². The lowest BCUT2D eigenvalue weighted by molar-refractivity contribution is 0.339. The standard InChI is InChI=1S/C19H23IOSi/c1-19(2,3)22(21-16-10-15-20,17-11-6-4-7-12-17)18-13-8-5-9-14-18/h4-15H,16H2,1-3H3/b15-10+. The molecule has 0 fully saturated rings. The monoisotopic (exact) mass is 422 g/mol. The first-order chi connectivity index (χ1) is 10.5. The van der Waals surface area contributed by atoms with Gasteiger partial charge in [0.15, 0.2) is 0 Å². The van der Waals surface area contributed by atoms with E-state index in [0.29, 0.717) is 6.61 Å². The summed E-state index contributed by atoms with van der Waals surface area (Å²) in [7, 11) is -2.34. The van der Waals surface area contributed by atoms with Crippen LogP contribution in [0.1, 0.15) is 20.8 Å². The van der Waals surface area contributed by atoms with E-state index in [2.05, 4.69) is 110 Å². The van der Waals surface area contributed by atoms with Gasteiger partial charge in [0, 0.05) is 0 Å². The molecule has 0 radical (unpaired) electrons. The summed E-state index contributed by atoms with van der Waals surface area (Å²) in [5.41, 5.74) is 0. The second-order valence-corrected chi connectivity index (χ2v) is 11.4. The van der Waals surface area contributed by atoms with E-state index in [9.17, 15) is 0 Å². The van der Waals surface area contributed by atoms with Gasteiger partial charge in [0.05, 0.1) is 6.61 Å². The predicted octanol–water partition coefficient (Wildman–Crippen LogP) is 4.51. The van der Waals surface area contributed by atoms with Gasteiger partial charge in [0.1, 0.15) is 0 Å². The Morgan fingerprint density at radius 2 is 1.36 bits per heavy atom. The summed E-state index contributed by atoms with van der Waals surface area (Å²) in [5.74, 6) is 0. The van der Waals surface area contributed by atoms with Crippen molar-refractivity contribution >= 4 is 41.3 Å². The van der Waals surface area contributed by atoms with Crippen molar-refractivity contribution < 1.29 is 4.43 Å². The van der Waals surface area contributed by atoms with Crippen LogP contribution in [0.3, 0.4) is 0 Å². The van der Waals surface area contributed by atoms with E-state index in [-0.39, 0.29) is 5.04 Å². The third kappa shape index (κ3) is 3.53. The normalized spacial score (nSPS) is 12.7. The highest BCUT2D eigenvalue weighted by Crippen LogP contribution is 2.36. The molecule has 0 heterocycles. The van der Waals surface area contributed by atoms with Crippen LogP contribution in [0.25, 0.3) is 0 Å². The zero-order valence-corrected chi connectivity index (χ0v) is 16.6. The maximum absolute atomic E-state index is 6.65. The molecule has 0 amide bonds. The van der Waals surface area contributed by atoms with Crippen LogP contribution in [0, 0.1) is 0 Å². The van der Waals surface area contributed by atoms with Gasteiger partial charge in [-0.2, -0.15) is 0 Å². The highest BCUT2D eigenvalue weighted by Gasteiger charge is 2.49. The Morgan fingerprint density at radius 3 is 1.73 bits per heavy atom. The molecule has 0 saturated carbocycles. The van der Waals surface area contributed by atoms with Crippen molar-refractivity contribution in [3.05, 3.63) is 70.8 Å². The Kier molecular flexibility index (Phi) is 6.00. The van der Waals surface area contributed by atoms with Crippen molar-refractivity contribution in [1.82, 2.24) is 0 Å². The van der Waals surface area contributed by atoms with E-state index in [4.69, 9.17) is 4.43 Å². The van der Waals surface area contributed by atoms with Crippen LogP contribution in [0.5, 0.6) is 0 Å². The van der Waals surface area contributed by atoms with E-state index >= 15 is 0 Å². The molecule has 0 atom stereocenters. The SMILES string of the molecule is CC(C)(C)[Si](OC/C=C/I)(c1ccccc1)c1ccccc1. The maximum Gasteiger partial charge on any atom is 0.261 e. The molecule has 0 aliphatic carbocycles. The maximum atomic E-state index is 6.65. The number of halogens is 1. The van der Waals surface area contributed by atoms with Crippen LogP contribution < -0.4 is 10.4 Å². The van der Waals surface area contributed by atoms with Crippen LogP contribution in [0.4, 0.5) is 0 Å². The molecule has 0 aliphatic rings. The number of benzene rings is 2. The van der Waals surface area contributed by atoms with Gasteiger partial charge in [-0.1, -0.05) is 110 Å². The largest absolute Gasteiger partial charge is 0.404 e. The molecule has 2 aromatic rings. The van der Waals surface area contributed by atoms with Crippen molar-refractivity contribution in [3.63, 3.8) is 0 Å². The van der Waals surface area contributed by atoms with E-state index in [1.54, 1.807) is 0 Å². The summed E-state index contributed by atoms with van der Waals surface area (Å²) in [6.45, 7) is 7.54. The smallest absolute Gasteiger partial charge is 0.261 e. The van der Waals surface area contributed by atoms with E-state index < -0.39 is 8.32 Å². The minimum atomic E-state index is -2.34. The minimum absolute atomic E-state index is 0.0504. The zero-order chi connectivity index (χ0) is 16.1. The summed E-state index contributed by atoms with van der Waals surface area (Å²) in [5, 5.41) is 2.71. The number of rotatable bonds is 5. The Hall–Kier alpha value is -0.913. The average molecular weight is 422 g/mol. The second kappa shape index (κ2) is 7.57. The Labute approximate surface area is 148 Å². The van der Waals surface area contributed by atoms with Crippen molar-refractivity contribution in [2.24, 2.45) is 0 Å². The summed E-state index contributed by atoms with van der Waals surface area (Å²) >= 11 is 2.24. The van der Waals surface area contributed by atoms with Gasteiger partial charge in [-0.3, -0.25) is 0 Å². The molecule has 2 rings (SSSR count). The zero-order valence-electron chi connectivity index (χ0n) is 13.4. The summed E-state index contributed by atoms with van der Waals surface area (Å²) in [6.07, 6.45) is 2.08. The highest BCUT2D eigenvalue weighted by molar-refractivity contribution is 14.1. The molecule has 0 unspecified atom stereocenters. The molecule has 3 heteroatoms. The van der Waals surface area contributed by atoms with Gasteiger partial charge in [0.25, 0.3) is 8.32 Å². The fraction of sp³-hybridized carbons (Fsp3) is 0.263. The lowest BCUT2D eigenvalue weighted by atomic mass is 10.2. The van der Waals surface area contributed by atoms with E-state index in [1.807, 2.05) is 4.08 Å². The predicted molar refractivity (Wildman–Crippen MR) is 107 cm³/mol. The number of hydrogen-bond acceptors (Lipinski definition) is 1. The molecule has 0 aliphatic heterocycles. The van der Waals surface area contributed by atoms with Crippen LogP contribution in [-0.2, 0) is 4.43 Å². The van der Waals surface area contributed by atoms with Gasteiger partial charge >= 0.3 is 0 Å². The van der Waals surface area contributed by atoms with Crippen LogP contribution in [0.15, 0.2) is 70.8 Å². The van der Waals surface area contributed by atoms with Gasteiger partial charge < -0.3 is 4.43 Å². The summed E-state index contributed by atoms with van der Waals surface area (Å²) in [4.78, 5) is 0. The molecule has 0 N–H and O–H groups in total. The van der Waals surface area contributed by atoms with Crippen molar-refractivity contribution in [3.8, 4) is 0 Å². The van der Waals surface area contributed by atoms with E-state index in [1.165, 1.54) is 10.4 Å². The quantitative estimate of drug-likeness (QED) is 0.509. The van der Waals surface area contributed by atoms with Crippen molar-refractivity contribution in [2.75, 3.05) is 6.61 Å². The van der Waals surface area contributed by atoms with Gasteiger partial charge in [-0.25, -0.2) is 0 Å². The first kappa shape index (κ1) is 17.4. The third-order valence-corrected chi connectivity index (χ3v) is 9.42. The van der Waals surface area contributed by atoms with Crippen molar-refractivity contribution in [2.45, 2.75) is 25.8 Å². The molecule has 0 spiro atoms. The summed E-state index contributed by atoms with van der Waals surface area (Å²) in [6, 6.07) is 21.5. The molecule has 1 nitrogen and oxygen atoms in total. The van der Waals surface area contributed by atoms with Crippen LogP contribution in [0.2, 0.25) is 5.04 Å². The topological polar surface area (TPSA) is 9.23 Å². The second-order valence-electron chi connectivity index (χ2n) is 6.34. The van der Waals surface area contributed by atoms with Gasteiger partial charge in [-0.05, 0) is 19.5 Å². The third-order valence-electron chi connectivity index (χ3n) is 3.90. The highest BCUT2D eigenvalue weighted by atomic mass is 127. The van der Waals surface area contributed by atoms with E-state index in [0.717, 1.165) is 0 Å². The Bertz CT molecular complexity index is 563. The summed E-state index contributed by atoms with van der Waals surface area (Å²) < 4.78 is 8.68. The fourth-order valence-corrected chi connectivity index (χ4v) is 7.68. The van der Waals surface area contributed by atoms with Crippen LogP contribution in [-0.4, -0.2) is 14.9 Å². The molecular weight excluding hydrogens is 399 g/mol. The lowest BCUT2D eigenvalue weighted by Crippen LogP contribution is -2.66. The first-order valence-electron chi connectivity index (χ1n) is 7.52. The minimum Gasteiger partial charge on any atom is -0.404 e. The lowest BCUT2D eigenvalue weighted by Gasteiger charge is -2.42. The average Bonchev–Trinajstić information content (AvgIpc) is 2.52. The molecule has 0 bridgehead atoms. The molecule has 116 valence electrons. The van der Waals surface area contributed by atoms with Gasteiger partial charge in [-0.15, -0.1) is 0 Å². The molecule has 0 saturated heterocycles. The Balaban J connectivity index is 2.64. The molecular formula is C19H23IOSi. The molecule has 0 aromatic heterocycles. The molecule has 2 aromatic carbocycles. The Morgan fingerprint density at radius 1 is 0.909 bits per heavy atom.